The van der Waals surface area contributed by atoms with Crippen molar-refractivity contribution in [2.24, 2.45) is 0 Å². The van der Waals surface area contributed by atoms with E-state index < -0.39 is 0 Å². The Bertz CT molecular complexity index is 616. The Kier molecular flexibility index (Phi) is 7.66. The van der Waals surface area contributed by atoms with Crippen LogP contribution < -0.4 is 5.32 Å². The summed E-state index contributed by atoms with van der Waals surface area (Å²) in [7, 11) is 1.74. The quantitative estimate of drug-likeness (QED) is 0.817. The molecule has 1 N–H and O–H groups in total. The van der Waals surface area contributed by atoms with E-state index in [1.165, 1.54) is 6.07 Å². The lowest BCUT2D eigenvalue weighted by atomic mass is 10.1. The Hall–Kier alpha value is -1.86. The second-order valence-corrected chi connectivity index (χ2v) is 6.81. The molecule has 1 aromatic rings. The van der Waals surface area contributed by atoms with Crippen LogP contribution in [-0.4, -0.2) is 61.1 Å². The summed E-state index contributed by atoms with van der Waals surface area (Å²) in [6, 6.07) is 4.56. The molecule has 1 fully saturated rings. The van der Waals surface area contributed by atoms with E-state index in [2.05, 4.69) is 5.32 Å². The van der Waals surface area contributed by atoms with Crippen LogP contribution in [0.3, 0.4) is 0 Å². The van der Waals surface area contributed by atoms with E-state index in [0.29, 0.717) is 43.1 Å². The number of benzene rings is 1. The van der Waals surface area contributed by atoms with Gasteiger partial charge < -0.3 is 15.0 Å². The highest BCUT2D eigenvalue weighted by atomic mass is 35.5. The number of ether oxygens (including phenoxy) is 1. The number of nitrogens with one attached hydrogen (secondary N) is 1. The molecule has 0 aliphatic carbocycles. The van der Waals surface area contributed by atoms with Gasteiger partial charge in [0.25, 0.3) is 0 Å². The summed E-state index contributed by atoms with van der Waals surface area (Å²) in [5.41, 5.74) is 0.382. The molecule has 0 saturated carbocycles. The number of nitrogens with zero attached hydrogens (tertiary/aromatic N) is 2. The number of rotatable bonds is 6. The smallest absolute Gasteiger partial charge is 0.409 e. The normalized spacial score (nSPS) is 15.2. The van der Waals surface area contributed by atoms with Crippen LogP contribution in [0.5, 0.6) is 0 Å². The summed E-state index contributed by atoms with van der Waals surface area (Å²) in [4.78, 5) is 27.3. The fraction of sp³-hybridized carbons (Fsp3) is 0.556. The van der Waals surface area contributed by atoms with Crippen LogP contribution in [-0.2, 0) is 16.1 Å². The zero-order chi connectivity index (χ0) is 19.1. The molecular weight excluding hydrogens is 361 g/mol. The lowest BCUT2D eigenvalue weighted by Crippen LogP contribution is -2.48. The van der Waals surface area contributed by atoms with Gasteiger partial charge in [-0.2, -0.15) is 0 Å². The molecule has 1 saturated heterocycles. The van der Waals surface area contributed by atoms with E-state index in [4.69, 9.17) is 16.3 Å². The Morgan fingerprint density at radius 3 is 2.69 bits per heavy atom. The molecule has 2 rings (SSSR count). The molecular formula is C18H25ClFN3O3. The van der Waals surface area contributed by atoms with Gasteiger partial charge >= 0.3 is 6.09 Å². The van der Waals surface area contributed by atoms with Gasteiger partial charge in [0.05, 0.1) is 13.2 Å². The summed E-state index contributed by atoms with van der Waals surface area (Å²) in [5.74, 6) is -0.509. The van der Waals surface area contributed by atoms with E-state index in [1.54, 1.807) is 35.9 Å². The summed E-state index contributed by atoms with van der Waals surface area (Å²) in [6.07, 6.45) is 1.07. The van der Waals surface area contributed by atoms with E-state index >= 15 is 0 Å². The first-order chi connectivity index (χ1) is 12.4. The lowest BCUT2D eigenvalue weighted by molar-refractivity contribution is -0.123. The lowest BCUT2D eigenvalue weighted by Gasteiger charge is -2.32. The van der Waals surface area contributed by atoms with Gasteiger partial charge in [-0.3, -0.25) is 9.69 Å². The molecule has 0 spiro atoms. The number of hydrogen-bond acceptors (Lipinski definition) is 4. The average Bonchev–Trinajstić information content (AvgIpc) is 2.59. The van der Waals surface area contributed by atoms with Gasteiger partial charge in [0.15, 0.2) is 0 Å². The van der Waals surface area contributed by atoms with Crippen molar-refractivity contribution in [3.8, 4) is 0 Å². The van der Waals surface area contributed by atoms with Crippen molar-refractivity contribution in [2.75, 3.05) is 33.3 Å². The fourth-order valence-corrected chi connectivity index (χ4v) is 3.17. The van der Waals surface area contributed by atoms with Gasteiger partial charge in [-0.05, 0) is 38.9 Å². The summed E-state index contributed by atoms with van der Waals surface area (Å²) in [6.45, 7) is 3.64. The van der Waals surface area contributed by atoms with Crippen molar-refractivity contribution in [1.82, 2.24) is 15.1 Å². The van der Waals surface area contributed by atoms with Gasteiger partial charge in [0.2, 0.25) is 5.91 Å². The third-order valence-corrected chi connectivity index (χ3v) is 4.64. The summed E-state index contributed by atoms with van der Waals surface area (Å²) < 4.78 is 18.8. The predicted octanol–water partition coefficient (Wildman–Crippen LogP) is 2.65. The molecule has 1 aliphatic rings. The molecule has 0 atom stereocenters. The zero-order valence-electron chi connectivity index (χ0n) is 15.1. The molecule has 0 radical (unpaired) electrons. The first kappa shape index (κ1) is 20.5. The minimum atomic E-state index is -0.379. The molecule has 144 valence electrons. The first-order valence-corrected chi connectivity index (χ1v) is 9.11. The largest absolute Gasteiger partial charge is 0.450 e. The monoisotopic (exact) mass is 385 g/mol. The van der Waals surface area contributed by atoms with E-state index in [-0.39, 0.29) is 36.9 Å². The van der Waals surface area contributed by atoms with Gasteiger partial charge in [-0.25, -0.2) is 9.18 Å². The van der Waals surface area contributed by atoms with E-state index in [9.17, 15) is 14.0 Å². The second-order valence-electron chi connectivity index (χ2n) is 6.40. The topological polar surface area (TPSA) is 61.9 Å². The van der Waals surface area contributed by atoms with Gasteiger partial charge in [-0.15, -0.1) is 0 Å². The Morgan fingerprint density at radius 1 is 1.38 bits per heavy atom. The highest BCUT2D eigenvalue weighted by molar-refractivity contribution is 6.31. The van der Waals surface area contributed by atoms with Crippen LogP contribution in [0.15, 0.2) is 18.2 Å². The minimum absolute atomic E-state index is 0.0265. The second kappa shape index (κ2) is 9.73. The van der Waals surface area contributed by atoms with Crippen LogP contribution in [0.25, 0.3) is 0 Å². The minimum Gasteiger partial charge on any atom is -0.450 e. The first-order valence-electron chi connectivity index (χ1n) is 8.73. The Balaban J connectivity index is 1.76. The standard InChI is InChI=1S/C18H25ClFN3O3/c1-3-26-18(25)23-9-7-13(8-10-23)21-17(24)12-22(2)11-14-15(19)5-4-6-16(14)20/h4-6,13H,3,7-12H2,1-2H3,(H,21,24). The van der Waals surface area contributed by atoms with Gasteiger partial charge in [0.1, 0.15) is 5.82 Å². The maximum atomic E-state index is 13.8. The molecule has 0 bridgehead atoms. The highest BCUT2D eigenvalue weighted by Crippen LogP contribution is 2.20. The summed E-state index contributed by atoms with van der Waals surface area (Å²) in [5, 5.41) is 3.32. The van der Waals surface area contributed by atoms with Crippen molar-refractivity contribution in [2.45, 2.75) is 32.4 Å². The van der Waals surface area contributed by atoms with E-state index in [0.717, 1.165) is 0 Å². The van der Waals surface area contributed by atoms with Gasteiger partial charge in [-0.1, -0.05) is 17.7 Å². The molecule has 1 aliphatic heterocycles. The number of hydrogen-bond donors (Lipinski definition) is 1. The van der Waals surface area contributed by atoms with Crippen molar-refractivity contribution in [3.05, 3.63) is 34.6 Å². The van der Waals surface area contributed by atoms with Gasteiger partial charge in [0, 0.05) is 36.3 Å². The fourth-order valence-electron chi connectivity index (χ4n) is 2.95. The average molecular weight is 386 g/mol. The van der Waals surface area contributed by atoms with Crippen LogP contribution in [0, 0.1) is 5.82 Å². The molecule has 2 amide bonds. The third kappa shape index (κ3) is 5.85. The maximum absolute atomic E-state index is 13.8. The number of piperidine rings is 1. The zero-order valence-corrected chi connectivity index (χ0v) is 15.9. The number of likely N-dealkylation sites (N-methyl/N-ethyl adjacent to an activating group) is 1. The van der Waals surface area contributed by atoms with Crippen molar-refractivity contribution < 1.29 is 18.7 Å². The molecule has 1 heterocycles. The third-order valence-electron chi connectivity index (χ3n) is 4.29. The molecule has 1 aromatic carbocycles. The number of amides is 2. The SMILES string of the molecule is CCOC(=O)N1CCC(NC(=O)CN(C)Cc2c(F)cccc2Cl)CC1. The van der Waals surface area contributed by atoms with Crippen molar-refractivity contribution >= 4 is 23.6 Å². The molecule has 8 heteroatoms. The summed E-state index contributed by atoms with van der Waals surface area (Å²) >= 11 is 6.02. The van der Waals surface area contributed by atoms with Crippen molar-refractivity contribution in [3.63, 3.8) is 0 Å². The van der Waals surface area contributed by atoms with E-state index in [1.807, 2.05) is 0 Å². The van der Waals surface area contributed by atoms with Crippen LogP contribution in [0.2, 0.25) is 5.02 Å². The Morgan fingerprint density at radius 2 is 2.08 bits per heavy atom. The number of halogens is 2. The number of likely N-dealkylation sites (tertiary alicyclic amines) is 1. The number of carbonyl (C=O) groups excluding carboxylic acids is 2. The van der Waals surface area contributed by atoms with Crippen LogP contribution >= 0.6 is 11.6 Å². The molecule has 26 heavy (non-hydrogen) atoms. The van der Waals surface area contributed by atoms with Crippen LogP contribution in [0.4, 0.5) is 9.18 Å². The Labute approximate surface area is 158 Å². The number of carbonyl (C=O) groups is 2. The van der Waals surface area contributed by atoms with Crippen LogP contribution in [0.1, 0.15) is 25.3 Å². The predicted molar refractivity (Wildman–Crippen MR) is 97.5 cm³/mol. The highest BCUT2D eigenvalue weighted by Gasteiger charge is 2.24. The van der Waals surface area contributed by atoms with Crippen molar-refractivity contribution in [1.29, 1.82) is 0 Å². The molecule has 0 aromatic heterocycles. The molecule has 0 unspecified atom stereocenters. The maximum Gasteiger partial charge on any atom is 0.409 e. The molecule has 6 nitrogen and oxygen atoms in total.